The molecule has 0 spiro atoms. The Kier molecular flexibility index (Phi) is 6.91. The fourth-order valence-electron chi connectivity index (χ4n) is 3.63. The topological polar surface area (TPSA) is 57.7 Å². The molecule has 1 aliphatic rings. The van der Waals surface area contributed by atoms with Crippen molar-refractivity contribution in [2.45, 2.75) is 6.54 Å². The number of hydrogen-bond acceptors (Lipinski definition) is 6. The number of nitrogens with one attached hydrogen (secondary N) is 1. The van der Waals surface area contributed by atoms with E-state index in [1.807, 2.05) is 24.3 Å². The maximum Gasteiger partial charge on any atom is 0.238 e. The van der Waals surface area contributed by atoms with Gasteiger partial charge in [0, 0.05) is 43.8 Å². The number of aromatic nitrogens is 1. The van der Waals surface area contributed by atoms with Crippen LogP contribution in [-0.4, -0.2) is 60.5 Å². The van der Waals surface area contributed by atoms with Crippen molar-refractivity contribution < 1.29 is 13.9 Å². The molecule has 0 aliphatic carbocycles. The summed E-state index contributed by atoms with van der Waals surface area (Å²) in [5, 5.41) is 5.81. The zero-order chi connectivity index (χ0) is 21.6. The molecule has 162 valence electrons. The first-order chi connectivity index (χ1) is 15.1. The number of anilines is 1. The molecule has 0 saturated carbocycles. The lowest BCUT2D eigenvalue weighted by molar-refractivity contribution is -0.117. The molecule has 0 bridgehead atoms. The number of halogens is 1. The van der Waals surface area contributed by atoms with Crippen molar-refractivity contribution in [2.75, 3.05) is 45.2 Å². The smallest absolute Gasteiger partial charge is 0.238 e. The van der Waals surface area contributed by atoms with Crippen molar-refractivity contribution in [3.63, 3.8) is 0 Å². The maximum atomic E-state index is 13.3. The monoisotopic (exact) mass is 440 g/mol. The first-order valence-corrected chi connectivity index (χ1v) is 11.1. The first kappa shape index (κ1) is 21.4. The van der Waals surface area contributed by atoms with Crippen molar-refractivity contribution in [3.8, 4) is 16.3 Å². The van der Waals surface area contributed by atoms with E-state index in [-0.39, 0.29) is 11.7 Å². The normalized spacial score (nSPS) is 15.0. The number of hydrogen-bond donors (Lipinski definition) is 1. The summed E-state index contributed by atoms with van der Waals surface area (Å²) < 4.78 is 18.7. The number of amides is 1. The van der Waals surface area contributed by atoms with E-state index in [1.54, 1.807) is 30.6 Å². The van der Waals surface area contributed by atoms with Gasteiger partial charge in [0.1, 0.15) is 16.6 Å². The van der Waals surface area contributed by atoms with E-state index in [9.17, 15) is 9.18 Å². The molecule has 6 nitrogen and oxygen atoms in total. The summed E-state index contributed by atoms with van der Waals surface area (Å²) in [6.45, 7) is 4.44. The summed E-state index contributed by atoms with van der Waals surface area (Å²) in [5.74, 6) is 0.343. The molecule has 1 N–H and O–H groups in total. The molecule has 2 heterocycles. The second-order valence-corrected chi connectivity index (χ2v) is 8.31. The summed E-state index contributed by atoms with van der Waals surface area (Å²) in [6.07, 6.45) is 0. The number of ether oxygens (including phenoxy) is 1. The molecule has 31 heavy (non-hydrogen) atoms. The van der Waals surface area contributed by atoms with Gasteiger partial charge >= 0.3 is 0 Å². The third-order valence-electron chi connectivity index (χ3n) is 5.22. The number of carbonyl (C=O) groups is 1. The molecule has 0 radical (unpaired) electrons. The highest BCUT2D eigenvalue weighted by Gasteiger charge is 2.20. The van der Waals surface area contributed by atoms with Gasteiger partial charge in [0.25, 0.3) is 0 Å². The van der Waals surface area contributed by atoms with Crippen LogP contribution in [0.15, 0.2) is 53.9 Å². The van der Waals surface area contributed by atoms with Crippen LogP contribution in [0, 0.1) is 5.82 Å². The van der Waals surface area contributed by atoms with Crippen LogP contribution in [0.1, 0.15) is 5.69 Å². The average Bonchev–Trinajstić information content (AvgIpc) is 3.23. The van der Waals surface area contributed by atoms with E-state index in [0.29, 0.717) is 12.2 Å². The number of piperazine rings is 1. The SMILES string of the molecule is COc1ccccc1-c1nc(CN2CCN(CC(=O)Nc3cccc(F)c3)CC2)cs1. The minimum atomic E-state index is -0.359. The standard InChI is InChI=1S/C23H25FN4O2S/c1-30-21-8-3-2-7-20(21)23-26-19(16-31-23)14-27-9-11-28(12-10-27)15-22(29)25-18-6-4-5-17(24)13-18/h2-8,13,16H,9-12,14-15H2,1H3,(H,25,29). The van der Waals surface area contributed by atoms with E-state index in [1.165, 1.54) is 12.1 Å². The summed E-state index contributed by atoms with van der Waals surface area (Å²) in [6, 6.07) is 13.9. The van der Waals surface area contributed by atoms with E-state index < -0.39 is 0 Å². The first-order valence-electron chi connectivity index (χ1n) is 10.2. The van der Waals surface area contributed by atoms with E-state index >= 15 is 0 Å². The zero-order valence-electron chi connectivity index (χ0n) is 17.4. The molecule has 0 atom stereocenters. The number of nitrogens with zero attached hydrogens (tertiary/aromatic N) is 3. The van der Waals surface area contributed by atoms with Gasteiger partial charge in [-0.15, -0.1) is 11.3 Å². The molecule has 8 heteroatoms. The van der Waals surface area contributed by atoms with Crippen LogP contribution in [0.5, 0.6) is 5.75 Å². The molecule has 3 aromatic rings. The third-order valence-corrected chi connectivity index (χ3v) is 6.14. The van der Waals surface area contributed by atoms with Gasteiger partial charge in [-0.05, 0) is 30.3 Å². The molecular weight excluding hydrogens is 415 g/mol. The molecule has 2 aromatic carbocycles. The van der Waals surface area contributed by atoms with Crippen LogP contribution in [0.4, 0.5) is 10.1 Å². The van der Waals surface area contributed by atoms with E-state index in [2.05, 4.69) is 20.5 Å². The predicted molar refractivity (Wildman–Crippen MR) is 121 cm³/mol. The van der Waals surface area contributed by atoms with E-state index in [4.69, 9.17) is 9.72 Å². The molecule has 1 aromatic heterocycles. The number of rotatable bonds is 7. The Morgan fingerprint density at radius 3 is 2.68 bits per heavy atom. The third kappa shape index (κ3) is 5.66. The Bertz CT molecular complexity index is 1030. The van der Waals surface area contributed by atoms with Crippen LogP contribution in [-0.2, 0) is 11.3 Å². The summed E-state index contributed by atoms with van der Waals surface area (Å²) in [5.41, 5.74) is 2.54. The highest BCUT2D eigenvalue weighted by molar-refractivity contribution is 7.13. The number of benzene rings is 2. The largest absolute Gasteiger partial charge is 0.496 e. The molecule has 0 unspecified atom stereocenters. The van der Waals surface area contributed by atoms with Gasteiger partial charge < -0.3 is 10.1 Å². The molecule has 1 aliphatic heterocycles. The van der Waals surface area contributed by atoms with E-state index in [0.717, 1.165) is 54.7 Å². The molecule has 4 rings (SSSR count). The number of para-hydroxylation sites is 1. The summed E-state index contributed by atoms with van der Waals surface area (Å²) >= 11 is 1.62. The number of methoxy groups -OCH3 is 1. The van der Waals surface area contributed by atoms with Gasteiger partial charge in [-0.2, -0.15) is 0 Å². The van der Waals surface area contributed by atoms with Gasteiger partial charge in [0.15, 0.2) is 0 Å². The highest BCUT2D eigenvalue weighted by Crippen LogP contribution is 2.32. The maximum absolute atomic E-state index is 13.3. The summed E-state index contributed by atoms with van der Waals surface area (Å²) in [7, 11) is 1.67. The van der Waals surface area contributed by atoms with Gasteiger partial charge in [-0.25, -0.2) is 9.37 Å². The van der Waals surface area contributed by atoms with Gasteiger partial charge in [0.2, 0.25) is 5.91 Å². The molecule has 1 fully saturated rings. The van der Waals surface area contributed by atoms with Gasteiger partial charge in [-0.3, -0.25) is 14.6 Å². The van der Waals surface area contributed by atoms with Crippen molar-refractivity contribution in [1.29, 1.82) is 0 Å². The van der Waals surface area contributed by atoms with Gasteiger partial charge in [-0.1, -0.05) is 18.2 Å². The van der Waals surface area contributed by atoms with Crippen molar-refractivity contribution in [2.24, 2.45) is 0 Å². The van der Waals surface area contributed by atoms with Crippen molar-refractivity contribution in [1.82, 2.24) is 14.8 Å². The Hall–Kier alpha value is -2.81. The van der Waals surface area contributed by atoms with Crippen LogP contribution in [0.2, 0.25) is 0 Å². The van der Waals surface area contributed by atoms with Crippen molar-refractivity contribution >= 4 is 22.9 Å². The van der Waals surface area contributed by atoms with Crippen LogP contribution < -0.4 is 10.1 Å². The number of carbonyl (C=O) groups excluding carboxylic acids is 1. The van der Waals surface area contributed by atoms with Crippen molar-refractivity contribution in [3.05, 3.63) is 65.4 Å². The van der Waals surface area contributed by atoms with Gasteiger partial charge in [0.05, 0.1) is 24.9 Å². The number of thiazole rings is 1. The predicted octanol–water partition coefficient (Wildman–Crippen LogP) is 3.71. The molecule has 1 amide bonds. The summed E-state index contributed by atoms with van der Waals surface area (Å²) in [4.78, 5) is 21.5. The second kappa shape index (κ2) is 10.00. The molecular formula is C23H25FN4O2S. The Labute approximate surface area is 185 Å². The lowest BCUT2D eigenvalue weighted by atomic mass is 10.2. The minimum Gasteiger partial charge on any atom is -0.496 e. The highest BCUT2D eigenvalue weighted by atomic mass is 32.1. The average molecular weight is 441 g/mol. The quantitative estimate of drug-likeness (QED) is 0.607. The van der Waals surface area contributed by atoms with Crippen LogP contribution >= 0.6 is 11.3 Å². The Morgan fingerprint density at radius 1 is 1.13 bits per heavy atom. The minimum absolute atomic E-state index is 0.125. The van der Waals surface area contributed by atoms with Crippen LogP contribution in [0.25, 0.3) is 10.6 Å². The Balaban J connectivity index is 1.26. The fraction of sp³-hybridized carbons (Fsp3) is 0.304. The van der Waals surface area contributed by atoms with Crippen LogP contribution in [0.3, 0.4) is 0 Å². The lowest BCUT2D eigenvalue weighted by Gasteiger charge is -2.33. The fourth-order valence-corrected chi connectivity index (χ4v) is 4.47. The Morgan fingerprint density at radius 2 is 1.90 bits per heavy atom. The second-order valence-electron chi connectivity index (χ2n) is 7.46. The lowest BCUT2D eigenvalue weighted by Crippen LogP contribution is -2.48. The zero-order valence-corrected chi connectivity index (χ0v) is 18.2. The molecule has 1 saturated heterocycles.